The van der Waals surface area contributed by atoms with Crippen LogP contribution in [0.15, 0.2) is 23.1 Å². The fourth-order valence-corrected chi connectivity index (χ4v) is 5.72. The molecule has 12 heteroatoms. The van der Waals surface area contributed by atoms with Crippen molar-refractivity contribution in [2.24, 2.45) is 5.14 Å². The van der Waals surface area contributed by atoms with E-state index in [2.05, 4.69) is 0 Å². The number of hydrogen-bond donors (Lipinski definition) is 1. The lowest BCUT2D eigenvalue weighted by atomic mass is 10.2. The number of sulfone groups is 1. The third kappa shape index (κ3) is 5.66. The van der Waals surface area contributed by atoms with E-state index in [-0.39, 0.29) is 22.1 Å². The smallest absolute Gasteiger partial charge is 0.338 e. The molecule has 2 N–H and O–H groups in total. The zero-order valence-corrected chi connectivity index (χ0v) is 17.5. The number of benzene rings is 1. The van der Waals surface area contributed by atoms with Crippen LogP contribution in [0.3, 0.4) is 0 Å². The van der Waals surface area contributed by atoms with Gasteiger partial charge in [0, 0.05) is 12.6 Å². The summed E-state index contributed by atoms with van der Waals surface area (Å²) in [6.45, 7) is 1.59. The molecule has 0 saturated carbocycles. The molecule has 0 aliphatic carbocycles. The summed E-state index contributed by atoms with van der Waals surface area (Å²) in [6, 6.07) is 2.96. The second-order valence-electron chi connectivity index (χ2n) is 6.41. The van der Waals surface area contributed by atoms with Crippen molar-refractivity contribution in [1.29, 1.82) is 0 Å². The first-order valence-electron chi connectivity index (χ1n) is 8.44. The molecule has 1 fully saturated rings. The number of ether oxygens (including phenoxy) is 1. The van der Waals surface area contributed by atoms with E-state index < -0.39 is 49.3 Å². The van der Waals surface area contributed by atoms with Gasteiger partial charge in [0.2, 0.25) is 10.0 Å². The van der Waals surface area contributed by atoms with Gasteiger partial charge in [0.15, 0.2) is 16.4 Å². The molecule has 0 aromatic heterocycles. The number of carbonyl (C=O) groups excluding carboxylic acids is 2. The van der Waals surface area contributed by atoms with E-state index in [1.165, 1.54) is 17.0 Å². The quantitative estimate of drug-likeness (QED) is 0.596. The Morgan fingerprint density at radius 1 is 1.36 bits per heavy atom. The number of nitrogens with zero attached hydrogens (tertiary/aromatic N) is 1. The molecular weight excluding hydrogens is 432 g/mol. The molecule has 2 rings (SSSR count). The third-order valence-corrected chi connectivity index (χ3v) is 7.38. The SMILES string of the molecule is CCCN(C(=O)COC(=O)c1ccc(Cl)c(S(N)(=O)=O)c1)C1CCS(=O)(=O)C1. The molecule has 1 aromatic carbocycles. The minimum atomic E-state index is -4.14. The molecular formula is C16H21ClN2O7S2. The Morgan fingerprint density at radius 2 is 2.04 bits per heavy atom. The molecule has 156 valence electrons. The van der Waals surface area contributed by atoms with E-state index in [1.807, 2.05) is 6.92 Å². The maximum atomic E-state index is 12.5. The summed E-state index contributed by atoms with van der Waals surface area (Å²) in [5, 5.41) is 4.89. The number of nitrogens with two attached hydrogens (primary N) is 1. The van der Waals surface area contributed by atoms with Crippen LogP contribution in [0.25, 0.3) is 0 Å². The topological polar surface area (TPSA) is 141 Å². The number of esters is 1. The number of carbonyl (C=O) groups is 2. The van der Waals surface area contributed by atoms with Crippen molar-refractivity contribution in [2.45, 2.75) is 30.7 Å². The van der Waals surface area contributed by atoms with Gasteiger partial charge in [-0.05, 0) is 31.0 Å². The Labute approximate surface area is 168 Å². The van der Waals surface area contributed by atoms with Gasteiger partial charge >= 0.3 is 5.97 Å². The van der Waals surface area contributed by atoms with Gasteiger partial charge in [-0.25, -0.2) is 26.8 Å². The summed E-state index contributed by atoms with van der Waals surface area (Å²) in [5.74, 6) is -1.53. The molecule has 1 amide bonds. The summed E-state index contributed by atoms with van der Waals surface area (Å²) in [4.78, 5) is 25.6. The van der Waals surface area contributed by atoms with Gasteiger partial charge in [-0.1, -0.05) is 18.5 Å². The first kappa shape index (κ1) is 22.6. The molecule has 1 unspecified atom stereocenters. The van der Waals surface area contributed by atoms with Crippen molar-refractivity contribution in [3.63, 3.8) is 0 Å². The van der Waals surface area contributed by atoms with Gasteiger partial charge in [-0.2, -0.15) is 0 Å². The van der Waals surface area contributed by atoms with Crippen LogP contribution < -0.4 is 5.14 Å². The molecule has 1 aliphatic heterocycles. The number of rotatable bonds is 7. The maximum absolute atomic E-state index is 12.5. The first-order valence-corrected chi connectivity index (χ1v) is 12.2. The van der Waals surface area contributed by atoms with Crippen molar-refractivity contribution in [1.82, 2.24) is 4.90 Å². The highest BCUT2D eigenvalue weighted by molar-refractivity contribution is 7.91. The fraction of sp³-hybridized carbons (Fsp3) is 0.500. The van der Waals surface area contributed by atoms with Gasteiger partial charge in [0.25, 0.3) is 5.91 Å². The summed E-state index contributed by atoms with van der Waals surface area (Å²) < 4.78 is 51.3. The summed E-state index contributed by atoms with van der Waals surface area (Å²) in [6.07, 6.45) is 0.960. The van der Waals surface area contributed by atoms with E-state index in [0.717, 1.165) is 6.07 Å². The van der Waals surface area contributed by atoms with E-state index in [4.69, 9.17) is 21.5 Å². The molecule has 0 bridgehead atoms. The average molecular weight is 453 g/mol. The van der Waals surface area contributed by atoms with Gasteiger partial charge < -0.3 is 9.64 Å². The Bertz CT molecular complexity index is 977. The number of sulfonamides is 1. The lowest BCUT2D eigenvalue weighted by Gasteiger charge is -2.27. The second kappa shape index (κ2) is 8.76. The van der Waals surface area contributed by atoms with Crippen LogP contribution in [0.1, 0.15) is 30.1 Å². The molecule has 1 heterocycles. The largest absolute Gasteiger partial charge is 0.452 e. The number of primary sulfonamides is 1. The highest BCUT2D eigenvalue weighted by Crippen LogP contribution is 2.22. The maximum Gasteiger partial charge on any atom is 0.338 e. The van der Waals surface area contributed by atoms with E-state index in [1.54, 1.807) is 0 Å². The second-order valence-corrected chi connectivity index (χ2v) is 10.6. The normalized spacial score (nSPS) is 18.6. The lowest BCUT2D eigenvalue weighted by molar-refractivity contribution is -0.136. The molecule has 1 aromatic rings. The minimum absolute atomic E-state index is 0.0199. The van der Waals surface area contributed by atoms with Gasteiger partial charge in [-0.3, -0.25) is 4.79 Å². The molecule has 9 nitrogen and oxygen atoms in total. The predicted octanol–water partition coefficient (Wildman–Crippen LogP) is 0.570. The standard InChI is InChI=1S/C16H21ClN2O7S2/c1-2-6-19(12-5-7-27(22,23)10-12)15(20)9-26-16(21)11-3-4-13(17)14(8-11)28(18,24)25/h3-4,8,12H,2,5-7,9-10H2,1H3,(H2,18,24,25). The Kier molecular flexibility index (Phi) is 7.07. The number of halogens is 1. The Balaban J connectivity index is 2.07. The van der Waals surface area contributed by atoms with Gasteiger partial charge in [0.05, 0.1) is 22.1 Å². The zero-order valence-electron chi connectivity index (χ0n) is 15.1. The van der Waals surface area contributed by atoms with Crippen molar-refractivity contribution < 1.29 is 31.2 Å². The van der Waals surface area contributed by atoms with Crippen LogP contribution in [0.4, 0.5) is 0 Å². The van der Waals surface area contributed by atoms with Crippen molar-refractivity contribution in [3.8, 4) is 0 Å². The predicted molar refractivity (Wildman–Crippen MR) is 102 cm³/mol. The summed E-state index contributed by atoms with van der Waals surface area (Å²) in [5.41, 5.74) is -0.133. The Morgan fingerprint density at radius 3 is 2.57 bits per heavy atom. The molecule has 0 radical (unpaired) electrons. The van der Waals surface area contributed by atoms with Gasteiger partial charge in [0.1, 0.15) is 4.90 Å². The van der Waals surface area contributed by atoms with Crippen LogP contribution in [-0.2, 0) is 29.4 Å². The minimum Gasteiger partial charge on any atom is -0.452 e. The van der Waals surface area contributed by atoms with Crippen LogP contribution in [0, 0.1) is 0 Å². The van der Waals surface area contributed by atoms with Crippen LogP contribution in [0.2, 0.25) is 5.02 Å². The molecule has 0 spiro atoms. The first-order chi connectivity index (χ1) is 12.9. The lowest BCUT2D eigenvalue weighted by Crippen LogP contribution is -2.43. The molecule has 1 saturated heterocycles. The molecule has 1 atom stereocenters. The van der Waals surface area contributed by atoms with Crippen molar-refractivity contribution in [3.05, 3.63) is 28.8 Å². The third-order valence-electron chi connectivity index (χ3n) is 4.23. The van der Waals surface area contributed by atoms with E-state index in [9.17, 15) is 26.4 Å². The van der Waals surface area contributed by atoms with Crippen LogP contribution in [0.5, 0.6) is 0 Å². The van der Waals surface area contributed by atoms with Crippen LogP contribution in [-0.4, -0.2) is 64.3 Å². The van der Waals surface area contributed by atoms with Gasteiger partial charge in [-0.15, -0.1) is 0 Å². The van der Waals surface area contributed by atoms with Crippen molar-refractivity contribution >= 4 is 43.3 Å². The van der Waals surface area contributed by atoms with E-state index >= 15 is 0 Å². The zero-order chi connectivity index (χ0) is 21.1. The number of amides is 1. The average Bonchev–Trinajstić information content (AvgIpc) is 2.96. The van der Waals surface area contributed by atoms with Crippen LogP contribution >= 0.6 is 11.6 Å². The molecule has 1 aliphatic rings. The summed E-state index contributed by atoms with van der Waals surface area (Å²) >= 11 is 5.76. The molecule has 28 heavy (non-hydrogen) atoms. The summed E-state index contributed by atoms with van der Waals surface area (Å²) in [7, 11) is -7.31. The Hall–Kier alpha value is -1.69. The highest BCUT2D eigenvalue weighted by atomic mass is 35.5. The fourth-order valence-electron chi connectivity index (χ4n) is 2.91. The highest BCUT2D eigenvalue weighted by Gasteiger charge is 2.34. The monoisotopic (exact) mass is 452 g/mol. The van der Waals surface area contributed by atoms with E-state index in [0.29, 0.717) is 19.4 Å². The number of hydrogen-bond acceptors (Lipinski definition) is 7. The van der Waals surface area contributed by atoms with Crippen molar-refractivity contribution in [2.75, 3.05) is 24.7 Å².